The Kier molecular flexibility index (Phi) is 4.23. The fourth-order valence-electron chi connectivity index (χ4n) is 2.59. The molecule has 1 N–H and O–H groups in total. The molecule has 1 aliphatic rings. The van der Waals surface area contributed by atoms with Crippen molar-refractivity contribution in [3.8, 4) is 0 Å². The predicted octanol–water partition coefficient (Wildman–Crippen LogP) is 2.59. The molecular weight excluding hydrogens is 222 g/mol. The van der Waals surface area contributed by atoms with Crippen molar-refractivity contribution >= 4 is 5.69 Å². The SMILES string of the molecule is CCNCc1cnc(C)cc1N1CC(C)C(C)C1. The third kappa shape index (κ3) is 2.83. The van der Waals surface area contributed by atoms with Gasteiger partial charge in [-0.3, -0.25) is 4.98 Å². The lowest BCUT2D eigenvalue weighted by Crippen LogP contribution is -2.23. The lowest BCUT2D eigenvalue weighted by atomic mass is 10.0. The molecule has 100 valence electrons. The van der Waals surface area contributed by atoms with E-state index < -0.39 is 0 Å². The highest BCUT2D eigenvalue weighted by Gasteiger charge is 2.27. The van der Waals surface area contributed by atoms with Crippen LogP contribution < -0.4 is 10.2 Å². The molecule has 1 aliphatic heterocycles. The first-order chi connectivity index (χ1) is 8.61. The Labute approximate surface area is 111 Å². The third-order valence-electron chi connectivity index (χ3n) is 3.99. The minimum Gasteiger partial charge on any atom is -0.371 e. The maximum Gasteiger partial charge on any atom is 0.0445 e. The van der Waals surface area contributed by atoms with Crippen molar-refractivity contribution in [2.45, 2.75) is 34.2 Å². The predicted molar refractivity (Wildman–Crippen MR) is 76.9 cm³/mol. The van der Waals surface area contributed by atoms with Crippen LogP contribution in [-0.4, -0.2) is 24.6 Å². The standard InChI is InChI=1S/C15H25N3/c1-5-16-7-14-8-17-13(4)6-15(14)18-9-11(2)12(3)10-18/h6,8,11-12,16H,5,7,9-10H2,1-4H3. The summed E-state index contributed by atoms with van der Waals surface area (Å²) in [6.07, 6.45) is 2.03. The number of pyridine rings is 1. The number of nitrogens with one attached hydrogen (secondary N) is 1. The highest BCUT2D eigenvalue weighted by atomic mass is 15.2. The molecule has 0 bridgehead atoms. The average Bonchev–Trinajstić information content (AvgIpc) is 2.68. The van der Waals surface area contributed by atoms with Gasteiger partial charge in [-0.2, -0.15) is 0 Å². The van der Waals surface area contributed by atoms with Crippen molar-refractivity contribution in [2.24, 2.45) is 11.8 Å². The quantitative estimate of drug-likeness (QED) is 0.886. The second kappa shape index (κ2) is 5.70. The number of hydrogen-bond donors (Lipinski definition) is 1. The second-order valence-corrected chi connectivity index (χ2v) is 5.59. The molecule has 0 radical (unpaired) electrons. The van der Waals surface area contributed by atoms with Gasteiger partial charge in [-0.05, 0) is 31.4 Å². The lowest BCUT2D eigenvalue weighted by molar-refractivity contribution is 0.494. The van der Waals surface area contributed by atoms with Gasteiger partial charge in [0, 0.05) is 42.8 Å². The number of anilines is 1. The summed E-state index contributed by atoms with van der Waals surface area (Å²) in [4.78, 5) is 6.96. The van der Waals surface area contributed by atoms with Crippen LogP contribution >= 0.6 is 0 Å². The molecule has 1 fully saturated rings. The summed E-state index contributed by atoms with van der Waals surface area (Å²) in [6.45, 7) is 13.2. The van der Waals surface area contributed by atoms with E-state index in [1.165, 1.54) is 24.3 Å². The van der Waals surface area contributed by atoms with Crippen molar-refractivity contribution < 1.29 is 0 Å². The second-order valence-electron chi connectivity index (χ2n) is 5.59. The average molecular weight is 247 g/mol. The van der Waals surface area contributed by atoms with Crippen LogP contribution in [0.5, 0.6) is 0 Å². The number of hydrogen-bond acceptors (Lipinski definition) is 3. The largest absolute Gasteiger partial charge is 0.371 e. The van der Waals surface area contributed by atoms with Gasteiger partial charge >= 0.3 is 0 Å². The van der Waals surface area contributed by atoms with Gasteiger partial charge in [0.15, 0.2) is 0 Å². The first kappa shape index (κ1) is 13.3. The molecule has 0 saturated carbocycles. The molecule has 1 aromatic heterocycles. The molecule has 0 aliphatic carbocycles. The van der Waals surface area contributed by atoms with Gasteiger partial charge in [-0.15, -0.1) is 0 Å². The van der Waals surface area contributed by atoms with Gasteiger partial charge in [0.2, 0.25) is 0 Å². The van der Waals surface area contributed by atoms with Crippen LogP contribution in [0.4, 0.5) is 5.69 Å². The zero-order valence-corrected chi connectivity index (χ0v) is 12.0. The molecule has 18 heavy (non-hydrogen) atoms. The molecule has 2 unspecified atom stereocenters. The van der Waals surface area contributed by atoms with Gasteiger partial charge in [0.25, 0.3) is 0 Å². The lowest BCUT2D eigenvalue weighted by Gasteiger charge is -2.22. The zero-order valence-electron chi connectivity index (χ0n) is 12.0. The fourth-order valence-corrected chi connectivity index (χ4v) is 2.59. The molecule has 0 aromatic carbocycles. The van der Waals surface area contributed by atoms with Crippen LogP contribution in [0.25, 0.3) is 0 Å². The third-order valence-corrected chi connectivity index (χ3v) is 3.99. The molecular formula is C15H25N3. The number of nitrogens with zero attached hydrogens (tertiary/aromatic N) is 2. The summed E-state index contributed by atoms with van der Waals surface area (Å²) in [5.41, 5.74) is 3.81. The summed E-state index contributed by atoms with van der Waals surface area (Å²) in [5, 5.41) is 3.40. The maximum atomic E-state index is 4.44. The minimum absolute atomic E-state index is 0.783. The number of aryl methyl sites for hydroxylation is 1. The van der Waals surface area contributed by atoms with Crippen molar-refractivity contribution in [2.75, 3.05) is 24.5 Å². The monoisotopic (exact) mass is 247 g/mol. The van der Waals surface area contributed by atoms with Gasteiger partial charge in [-0.1, -0.05) is 20.8 Å². The molecule has 1 aromatic rings. The van der Waals surface area contributed by atoms with Gasteiger partial charge in [-0.25, -0.2) is 0 Å². The van der Waals surface area contributed by atoms with E-state index in [1.807, 2.05) is 6.20 Å². The normalized spacial score (nSPS) is 23.7. The van der Waals surface area contributed by atoms with Crippen molar-refractivity contribution in [1.29, 1.82) is 0 Å². The summed E-state index contributed by atoms with van der Waals surface area (Å²) in [5.74, 6) is 1.57. The fraction of sp³-hybridized carbons (Fsp3) is 0.667. The molecule has 0 spiro atoms. The molecule has 1 saturated heterocycles. The van der Waals surface area contributed by atoms with Gasteiger partial charge in [0.05, 0.1) is 0 Å². The highest BCUT2D eigenvalue weighted by molar-refractivity contribution is 5.54. The summed E-state index contributed by atoms with van der Waals surface area (Å²) < 4.78 is 0. The van der Waals surface area contributed by atoms with E-state index in [2.05, 4.69) is 49.0 Å². The van der Waals surface area contributed by atoms with E-state index in [1.54, 1.807) is 0 Å². The van der Waals surface area contributed by atoms with Crippen molar-refractivity contribution in [3.63, 3.8) is 0 Å². The zero-order chi connectivity index (χ0) is 13.1. The van der Waals surface area contributed by atoms with E-state index in [0.29, 0.717) is 0 Å². The summed E-state index contributed by atoms with van der Waals surface area (Å²) in [6, 6.07) is 2.23. The van der Waals surface area contributed by atoms with Crippen LogP contribution in [0, 0.1) is 18.8 Å². The molecule has 0 amide bonds. The van der Waals surface area contributed by atoms with Crippen LogP contribution in [0.2, 0.25) is 0 Å². The molecule has 2 rings (SSSR count). The molecule has 2 heterocycles. The van der Waals surface area contributed by atoms with Crippen LogP contribution in [0.15, 0.2) is 12.3 Å². The highest BCUT2D eigenvalue weighted by Crippen LogP contribution is 2.30. The Balaban J connectivity index is 2.22. The first-order valence-corrected chi connectivity index (χ1v) is 7.03. The smallest absolute Gasteiger partial charge is 0.0445 e. The summed E-state index contributed by atoms with van der Waals surface area (Å²) >= 11 is 0. The minimum atomic E-state index is 0.783. The van der Waals surface area contributed by atoms with Gasteiger partial charge in [0.1, 0.15) is 0 Å². The van der Waals surface area contributed by atoms with E-state index in [0.717, 1.165) is 30.6 Å². The Morgan fingerprint density at radius 2 is 2.00 bits per heavy atom. The Morgan fingerprint density at radius 3 is 2.61 bits per heavy atom. The van der Waals surface area contributed by atoms with E-state index >= 15 is 0 Å². The van der Waals surface area contributed by atoms with E-state index in [4.69, 9.17) is 0 Å². The van der Waals surface area contributed by atoms with Crippen molar-refractivity contribution in [1.82, 2.24) is 10.3 Å². The van der Waals surface area contributed by atoms with E-state index in [-0.39, 0.29) is 0 Å². The molecule has 3 heteroatoms. The first-order valence-electron chi connectivity index (χ1n) is 7.03. The van der Waals surface area contributed by atoms with Crippen molar-refractivity contribution in [3.05, 3.63) is 23.5 Å². The number of aromatic nitrogens is 1. The Morgan fingerprint density at radius 1 is 1.33 bits per heavy atom. The van der Waals surface area contributed by atoms with Crippen LogP contribution in [0.1, 0.15) is 32.0 Å². The number of rotatable bonds is 4. The Hall–Kier alpha value is -1.09. The maximum absolute atomic E-state index is 4.44. The van der Waals surface area contributed by atoms with Crippen LogP contribution in [0.3, 0.4) is 0 Å². The van der Waals surface area contributed by atoms with Crippen LogP contribution in [-0.2, 0) is 6.54 Å². The van der Waals surface area contributed by atoms with E-state index in [9.17, 15) is 0 Å². The van der Waals surface area contributed by atoms with Gasteiger partial charge < -0.3 is 10.2 Å². The topological polar surface area (TPSA) is 28.2 Å². The molecule has 2 atom stereocenters. The molecule has 3 nitrogen and oxygen atoms in total. The Bertz CT molecular complexity index is 393. The summed E-state index contributed by atoms with van der Waals surface area (Å²) in [7, 11) is 0.